The Morgan fingerprint density at radius 2 is 0.940 bits per heavy atom. The van der Waals surface area contributed by atoms with Crippen LogP contribution in [0.3, 0.4) is 0 Å². The lowest BCUT2D eigenvalue weighted by atomic mass is 9.83. The van der Waals surface area contributed by atoms with Crippen molar-refractivity contribution in [1.82, 2.24) is 0 Å². The number of hydrogen-bond donors (Lipinski definition) is 8. The summed E-state index contributed by atoms with van der Waals surface area (Å²) in [6, 6.07) is 3.48. The number of fused-ring (bicyclic) bond motifs is 2. The second kappa shape index (κ2) is 14.9. The number of aromatic hydroxyl groups is 6. The first-order valence-electron chi connectivity index (χ1n) is 16.4. The number of carboxylic acids is 2. The fourth-order valence-electron chi connectivity index (χ4n) is 6.58. The van der Waals surface area contributed by atoms with E-state index in [4.69, 9.17) is 10.2 Å². The van der Waals surface area contributed by atoms with Gasteiger partial charge in [0.2, 0.25) is 0 Å². The van der Waals surface area contributed by atoms with Crippen molar-refractivity contribution >= 4 is 45.9 Å². The van der Waals surface area contributed by atoms with Gasteiger partial charge in [0.25, 0.3) is 0 Å². The topological polar surface area (TPSA) is 221 Å². The van der Waals surface area contributed by atoms with Crippen LogP contribution in [-0.2, 0) is 9.59 Å². The van der Waals surface area contributed by atoms with E-state index in [0.717, 1.165) is 0 Å². The van der Waals surface area contributed by atoms with Crippen molar-refractivity contribution in [2.75, 3.05) is 13.1 Å². The van der Waals surface area contributed by atoms with E-state index in [1.165, 1.54) is 12.4 Å². The van der Waals surface area contributed by atoms with Gasteiger partial charge in [-0.15, -0.1) is 0 Å². The average molecular weight is 689 g/mol. The van der Waals surface area contributed by atoms with Crippen LogP contribution in [0.15, 0.2) is 22.1 Å². The van der Waals surface area contributed by atoms with E-state index in [1.54, 1.807) is 26.0 Å². The lowest BCUT2D eigenvalue weighted by Gasteiger charge is -2.23. The number of phenols is 6. The molecule has 50 heavy (non-hydrogen) atoms. The third kappa shape index (κ3) is 6.96. The number of aliphatic carboxylic acids is 2. The highest BCUT2D eigenvalue weighted by molar-refractivity contribution is 6.15. The Hall–Kier alpha value is -5.52. The Morgan fingerprint density at radius 1 is 0.600 bits per heavy atom. The molecule has 0 aromatic heterocycles. The zero-order valence-electron chi connectivity index (χ0n) is 29.0. The zero-order chi connectivity index (χ0) is 37.2. The molecule has 0 fully saturated rings. The summed E-state index contributed by atoms with van der Waals surface area (Å²) >= 11 is 0. The van der Waals surface area contributed by atoms with Crippen LogP contribution in [0, 0.1) is 13.8 Å². The first kappa shape index (κ1) is 37.3. The fraction of sp³-hybridized carbons (Fsp3) is 0.368. The predicted octanol–water partition coefficient (Wildman–Crippen LogP) is 7.32. The summed E-state index contributed by atoms with van der Waals surface area (Å²) in [5.41, 5.74) is 2.22. The smallest absolute Gasteiger partial charge is 0.303 e. The van der Waals surface area contributed by atoms with Crippen molar-refractivity contribution in [3.05, 3.63) is 45.5 Å². The number of carboxylic acid groups (broad SMARTS) is 2. The van der Waals surface area contributed by atoms with Gasteiger partial charge in [0.15, 0.2) is 23.0 Å². The van der Waals surface area contributed by atoms with Crippen LogP contribution in [0.5, 0.6) is 34.5 Å². The maximum Gasteiger partial charge on any atom is 0.303 e. The number of hydrogen-bond acceptors (Lipinski definition) is 10. The molecular weight excluding hydrogens is 644 g/mol. The van der Waals surface area contributed by atoms with Gasteiger partial charge < -0.3 is 40.9 Å². The maximum atomic E-state index is 12.1. The second-order valence-corrected chi connectivity index (χ2v) is 13.1. The number of aryl methyl sites for hydroxylation is 2. The minimum absolute atomic E-state index is 0.00718. The molecule has 0 atom stereocenters. The molecule has 0 heterocycles. The number of phenolic OH excluding ortho intramolecular Hbond substituents is 6. The summed E-state index contributed by atoms with van der Waals surface area (Å²) in [5.74, 6) is -4.96. The van der Waals surface area contributed by atoms with Gasteiger partial charge in [-0.1, -0.05) is 39.8 Å². The molecular formula is C38H44N2O10. The number of aliphatic imine (C=N–C) groups is 2. The molecule has 8 N–H and O–H groups in total. The predicted molar refractivity (Wildman–Crippen MR) is 193 cm³/mol. The first-order valence-corrected chi connectivity index (χ1v) is 16.4. The van der Waals surface area contributed by atoms with E-state index < -0.39 is 23.4 Å². The maximum absolute atomic E-state index is 12.1. The summed E-state index contributed by atoms with van der Waals surface area (Å²) < 4.78 is 0. The van der Waals surface area contributed by atoms with E-state index in [2.05, 4.69) is 9.98 Å². The fourth-order valence-corrected chi connectivity index (χ4v) is 6.58. The molecule has 0 radical (unpaired) electrons. The second-order valence-electron chi connectivity index (χ2n) is 13.1. The summed E-state index contributed by atoms with van der Waals surface area (Å²) in [6.45, 7) is 11.0. The van der Waals surface area contributed by atoms with Crippen LogP contribution in [0.2, 0.25) is 0 Å². The van der Waals surface area contributed by atoms with Crippen molar-refractivity contribution < 1.29 is 50.4 Å². The van der Waals surface area contributed by atoms with Crippen LogP contribution in [0.25, 0.3) is 32.7 Å². The number of benzene rings is 4. The average Bonchev–Trinajstić information content (AvgIpc) is 3.01. The third-order valence-corrected chi connectivity index (χ3v) is 8.79. The summed E-state index contributed by atoms with van der Waals surface area (Å²) in [5, 5.41) is 88.0. The molecule has 0 amide bonds. The van der Waals surface area contributed by atoms with E-state index in [1.807, 2.05) is 27.7 Å². The molecule has 12 heteroatoms. The monoisotopic (exact) mass is 688 g/mol. The number of carbonyl (C=O) groups is 2. The van der Waals surface area contributed by atoms with E-state index >= 15 is 0 Å². The van der Waals surface area contributed by atoms with Crippen LogP contribution < -0.4 is 0 Å². The minimum atomic E-state index is -0.979. The lowest BCUT2D eigenvalue weighted by molar-refractivity contribution is -0.138. The molecule has 4 rings (SSSR count). The van der Waals surface area contributed by atoms with Gasteiger partial charge in [-0.3, -0.25) is 19.6 Å². The first-order chi connectivity index (χ1) is 23.5. The van der Waals surface area contributed by atoms with Crippen molar-refractivity contribution in [2.24, 2.45) is 9.98 Å². The van der Waals surface area contributed by atoms with Gasteiger partial charge in [-0.2, -0.15) is 0 Å². The van der Waals surface area contributed by atoms with Crippen LogP contribution >= 0.6 is 0 Å². The molecule has 0 aliphatic rings. The van der Waals surface area contributed by atoms with Crippen LogP contribution in [0.1, 0.15) is 98.6 Å². The molecule has 0 saturated heterocycles. The Labute approximate surface area is 289 Å². The summed E-state index contributed by atoms with van der Waals surface area (Å²) in [7, 11) is 0. The van der Waals surface area contributed by atoms with Gasteiger partial charge in [0, 0.05) is 82.5 Å². The molecule has 0 bridgehead atoms. The molecule has 0 spiro atoms. The molecule has 4 aromatic rings. The molecule has 0 unspecified atom stereocenters. The minimum Gasteiger partial charge on any atom is -0.507 e. The molecule has 0 aliphatic carbocycles. The van der Waals surface area contributed by atoms with E-state index in [-0.39, 0.29) is 107 Å². The highest BCUT2D eigenvalue weighted by Crippen LogP contribution is 2.54. The van der Waals surface area contributed by atoms with Gasteiger partial charge in [-0.25, -0.2) is 0 Å². The summed E-state index contributed by atoms with van der Waals surface area (Å²) in [6.07, 6.45) is 2.79. The Morgan fingerprint density at radius 3 is 1.24 bits per heavy atom. The zero-order valence-corrected chi connectivity index (χ0v) is 29.0. The van der Waals surface area contributed by atoms with Gasteiger partial charge in [0.1, 0.15) is 11.5 Å². The van der Waals surface area contributed by atoms with Gasteiger partial charge in [-0.05, 0) is 60.4 Å². The van der Waals surface area contributed by atoms with Crippen molar-refractivity contribution in [3.63, 3.8) is 0 Å². The Bertz CT molecular complexity index is 1910. The number of nitrogens with zero attached hydrogens (tertiary/aromatic N) is 2. The number of rotatable bonds is 13. The molecule has 266 valence electrons. The van der Waals surface area contributed by atoms with E-state index in [9.17, 15) is 40.2 Å². The third-order valence-electron chi connectivity index (χ3n) is 8.79. The highest BCUT2D eigenvalue weighted by Gasteiger charge is 2.29. The Kier molecular flexibility index (Phi) is 11.1. The molecule has 0 aliphatic heterocycles. The van der Waals surface area contributed by atoms with Crippen molar-refractivity contribution in [2.45, 2.75) is 79.1 Å². The SMILES string of the molecule is Cc1cc2c(C(C)C)c(O)c(O)c(C=NCCCC(=O)O)c2c(O)c1-c1c(C)cc2c(C(C)C)c(O)c(O)c(C=NCCCC(=O)O)c2c1O. The van der Waals surface area contributed by atoms with Gasteiger partial charge in [0.05, 0.1) is 0 Å². The van der Waals surface area contributed by atoms with Crippen LogP contribution in [-0.4, -0.2) is 78.3 Å². The van der Waals surface area contributed by atoms with Crippen molar-refractivity contribution in [1.29, 1.82) is 0 Å². The van der Waals surface area contributed by atoms with Crippen LogP contribution in [0.4, 0.5) is 0 Å². The molecule has 0 saturated carbocycles. The lowest BCUT2D eigenvalue weighted by Crippen LogP contribution is -2.02. The van der Waals surface area contributed by atoms with Crippen molar-refractivity contribution in [3.8, 4) is 45.6 Å². The highest BCUT2D eigenvalue weighted by atomic mass is 16.4. The molecule has 4 aromatic carbocycles. The van der Waals surface area contributed by atoms with Gasteiger partial charge >= 0.3 is 11.9 Å². The van der Waals surface area contributed by atoms with E-state index in [0.29, 0.717) is 33.0 Å². The standard InChI is InChI=1S/C38H44N2O10/c1-17(2)27-21-13-19(5)29(35(47)31(21)23(33(45)37(27)49)15-39-11-7-9-25(41)42)30-20(6)14-22-28(18(3)4)38(50)34(46)24(32(22)36(30)48)16-40-12-8-10-26(43)44/h13-18,45-50H,7-12H2,1-6H3,(H,41,42)(H,43,44). The Balaban J connectivity index is 2.11. The normalized spacial score (nSPS) is 12.1. The quantitative estimate of drug-likeness (QED) is 0.0397. The summed E-state index contributed by atoms with van der Waals surface area (Å²) in [4.78, 5) is 30.5. The molecule has 12 nitrogen and oxygen atoms in total. The largest absolute Gasteiger partial charge is 0.507 e.